The first-order chi connectivity index (χ1) is 8.25. The predicted octanol–water partition coefficient (Wildman–Crippen LogP) is 2.24. The zero-order chi connectivity index (χ0) is 12.1. The molecule has 0 spiro atoms. The van der Waals surface area contributed by atoms with Gasteiger partial charge >= 0.3 is 0 Å². The Morgan fingerprint density at radius 2 is 2.00 bits per heavy atom. The van der Waals surface area contributed by atoms with Gasteiger partial charge in [-0.25, -0.2) is 4.39 Å². The second kappa shape index (κ2) is 5.61. The highest BCUT2D eigenvalue weighted by atomic mass is 19.1. The van der Waals surface area contributed by atoms with E-state index >= 15 is 0 Å². The molecule has 0 saturated carbocycles. The van der Waals surface area contributed by atoms with Gasteiger partial charge in [0.2, 0.25) is 0 Å². The van der Waals surface area contributed by atoms with E-state index in [-0.39, 0.29) is 5.82 Å². The van der Waals surface area contributed by atoms with E-state index in [0.717, 1.165) is 5.76 Å². The lowest BCUT2D eigenvalue weighted by Gasteiger charge is -2.11. The summed E-state index contributed by atoms with van der Waals surface area (Å²) in [5.41, 5.74) is 0.693. The highest BCUT2D eigenvalue weighted by molar-refractivity contribution is 5.18. The zero-order valence-corrected chi connectivity index (χ0v) is 9.27. The molecule has 0 saturated heterocycles. The van der Waals surface area contributed by atoms with Gasteiger partial charge in [-0.05, 0) is 29.8 Å². The first-order valence-corrected chi connectivity index (χ1v) is 5.42. The van der Waals surface area contributed by atoms with Crippen LogP contribution in [0.3, 0.4) is 0 Å². The molecule has 90 valence electrons. The van der Waals surface area contributed by atoms with Crippen LogP contribution >= 0.6 is 0 Å². The number of halogens is 1. The van der Waals surface area contributed by atoms with Gasteiger partial charge in [-0.1, -0.05) is 12.1 Å². The summed E-state index contributed by atoms with van der Waals surface area (Å²) in [6.45, 7) is 0.956. The molecule has 1 heterocycles. The van der Waals surface area contributed by atoms with Crippen molar-refractivity contribution in [2.24, 2.45) is 0 Å². The molecule has 0 amide bonds. The van der Waals surface area contributed by atoms with Gasteiger partial charge in [0.25, 0.3) is 0 Å². The molecule has 1 aromatic carbocycles. The van der Waals surface area contributed by atoms with Crippen molar-refractivity contribution in [1.29, 1.82) is 0 Å². The number of nitrogens with one attached hydrogen (secondary N) is 1. The average Bonchev–Trinajstić information content (AvgIpc) is 2.83. The molecule has 1 atom stereocenters. The number of aliphatic hydroxyl groups excluding tert-OH is 1. The van der Waals surface area contributed by atoms with Crippen molar-refractivity contribution in [3.63, 3.8) is 0 Å². The van der Waals surface area contributed by atoms with E-state index in [1.807, 2.05) is 12.1 Å². The van der Waals surface area contributed by atoms with Crippen molar-refractivity contribution >= 4 is 0 Å². The second-order valence-corrected chi connectivity index (χ2v) is 3.78. The second-order valence-electron chi connectivity index (χ2n) is 3.78. The standard InChI is InChI=1S/C13H14FNO2/c14-11-5-3-10(4-6-11)13(16)9-15-8-12-2-1-7-17-12/h1-7,13,15-16H,8-9H2. The molecule has 4 heteroatoms. The van der Waals surface area contributed by atoms with Crippen molar-refractivity contribution in [2.45, 2.75) is 12.6 Å². The molecule has 2 aromatic rings. The van der Waals surface area contributed by atoms with E-state index in [1.165, 1.54) is 12.1 Å². The minimum absolute atomic E-state index is 0.301. The van der Waals surface area contributed by atoms with Gasteiger partial charge in [0.15, 0.2) is 0 Å². The fourth-order valence-electron chi connectivity index (χ4n) is 1.55. The Balaban J connectivity index is 1.81. The lowest BCUT2D eigenvalue weighted by molar-refractivity contribution is 0.173. The maximum atomic E-state index is 12.7. The Labute approximate surface area is 98.9 Å². The van der Waals surface area contributed by atoms with Crippen molar-refractivity contribution in [1.82, 2.24) is 5.32 Å². The highest BCUT2D eigenvalue weighted by Crippen LogP contribution is 2.12. The van der Waals surface area contributed by atoms with Gasteiger partial charge in [0, 0.05) is 6.54 Å². The van der Waals surface area contributed by atoms with Crippen LogP contribution in [0.5, 0.6) is 0 Å². The normalized spacial score (nSPS) is 12.6. The van der Waals surface area contributed by atoms with Crippen LogP contribution in [-0.4, -0.2) is 11.7 Å². The molecule has 0 bridgehead atoms. The van der Waals surface area contributed by atoms with Crippen LogP contribution in [0.25, 0.3) is 0 Å². The average molecular weight is 235 g/mol. The van der Waals surface area contributed by atoms with Crippen molar-refractivity contribution in [2.75, 3.05) is 6.54 Å². The topological polar surface area (TPSA) is 45.4 Å². The van der Waals surface area contributed by atoms with Gasteiger partial charge in [0.1, 0.15) is 11.6 Å². The van der Waals surface area contributed by atoms with Crippen molar-refractivity contribution in [3.05, 3.63) is 59.8 Å². The molecular formula is C13H14FNO2. The summed E-state index contributed by atoms with van der Waals surface area (Å²) in [4.78, 5) is 0. The number of rotatable bonds is 5. The summed E-state index contributed by atoms with van der Waals surface area (Å²) in [5.74, 6) is 0.515. The molecule has 3 nitrogen and oxygen atoms in total. The number of benzene rings is 1. The maximum Gasteiger partial charge on any atom is 0.123 e. The molecule has 0 fully saturated rings. The SMILES string of the molecule is OC(CNCc1ccco1)c1ccc(F)cc1. The fourth-order valence-corrected chi connectivity index (χ4v) is 1.55. The van der Waals surface area contributed by atoms with E-state index in [9.17, 15) is 9.50 Å². The minimum atomic E-state index is -0.648. The number of hydrogen-bond donors (Lipinski definition) is 2. The first-order valence-electron chi connectivity index (χ1n) is 5.42. The Kier molecular flexibility index (Phi) is 3.90. The van der Waals surface area contributed by atoms with Crippen molar-refractivity contribution < 1.29 is 13.9 Å². The van der Waals surface area contributed by atoms with Crippen LogP contribution in [0.15, 0.2) is 47.1 Å². The molecular weight excluding hydrogens is 221 g/mol. The summed E-state index contributed by atoms with van der Waals surface area (Å²) < 4.78 is 17.8. The largest absolute Gasteiger partial charge is 0.468 e. The van der Waals surface area contributed by atoms with Gasteiger partial charge in [0.05, 0.1) is 18.9 Å². The Morgan fingerprint density at radius 1 is 1.24 bits per heavy atom. The summed E-state index contributed by atoms with van der Waals surface area (Å²) in [6, 6.07) is 9.50. The smallest absolute Gasteiger partial charge is 0.123 e. The van der Waals surface area contributed by atoms with Crippen LogP contribution < -0.4 is 5.32 Å². The Morgan fingerprint density at radius 3 is 2.65 bits per heavy atom. The Bertz CT molecular complexity index is 439. The monoisotopic (exact) mass is 235 g/mol. The van der Waals surface area contributed by atoms with E-state index in [0.29, 0.717) is 18.7 Å². The first kappa shape index (κ1) is 11.8. The summed E-state index contributed by atoms with van der Waals surface area (Å²) in [6.07, 6.45) is 0.957. The molecule has 17 heavy (non-hydrogen) atoms. The molecule has 2 N–H and O–H groups in total. The number of hydrogen-bond acceptors (Lipinski definition) is 3. The Hall–Kier alpha value is -1.65. The quantitative estimate of drug-likeness (QED) is 0.835. The highest BCUT2D eigenvalue weighted by Gasteiger charge is 2.07. The lowest BCUT2D eigenvalue weighted by atomic mass is 10.1. The fraction of sp³-hybridized carbons (Fsp3) is 0.231. The van der Waals surface area contributed by atoms with Gasteiger partial charge in [-0.3, -0.25) is 0 Å². The third-order valence-electron chi connectivity index (χ3n) is 2.47. The van der Waals surface area contributed by atoms with Crippen LogP contribution in [0, 0.1) is 5.82 Å². The van der Waals surface area contributed by atoms with Gasteiger partial charge < -0.3 is 14.8 Å². The third kappa shape index (κ3) is 3.41. The molecule has 1 aromatic heterocycles. The molecule has 0 aliphatic rings. The molecule has 0 aliphatic heterocycles. The summed E-state index contributed by atoms with van der Waals surface area (Å²) in [5, 5.41) is 12.9. The summed E-state index contributed by atoms with van der Waals surface area (Å²) in [7, 11) is 0. The molecule has 1 unspecified atom stereocenters. The van der Waals surface area contributed by atoms with Crippen LogP contribution in [0.2, 0.25) is 0 Å². The molecule has 0 aliphatic carbocycles. The van der Waals surface area contributed by atoms with E-state index in [4.69, 9.17) is 4.42 Å². The van der Waals surface area contributed by atoms with Gasteiger partial charge in [-0.2, -0.15) is 0 Å². The van der Waals surface area contributed by atoms with Crippen LogP contribution in [-0.2, 0) is 6.54 Å². The van der Waals surface area contributed by atoms with E-state index in [2.05, 4.69) is 5.32 Å². The van der Waals surface area contributed by atoms with Crippen LogP contribution in [0.1, 0.15) is 17.4 Å². The van der Waals surface area contributed by atoms with Gasteiger partial charge in [-0.15, -0.1) is 0 Å². The van der Waals surface area contributed by atoms with Crippen LogP contribution in [0.4, 0.5) is 4.39 Å². The maximum absolute atomic E-state index is 12.7. The lowest BCUT2D eigenvalue weighted by Crippen LogP contribution is -2.20. The zero-order valence-electron chi connectivity index (χ0n) is 9.27. The number of aliphatic hydroxyl groups is 1. The van der Waals surface area contributed by atoms with E-state index < -0.39 is 6.10 Å². The molecule has 0 radical (unpaired) electrons. The third-order valence-corrected chi connectivity index (χ3v) is 2.47. The van der Waals surface area contributed by atoms with E-state index in [1.54, 1.807) is 18.4 Å². The minimum Gasteiger partial charge on any atom is -0.468 e. The van der Waals surface area contributed by atoms with Crippen molar-refractivity contribution in [3.8, 4) is 0 Å². The molecule has 2 rings (SSSR count). The summed E-state index contributed by atoms with van der Waals surface area (Å²) >= 11 is 0. The predicted molar refractivity (Wildman–Crippen MR) is 61.8 cm³/mol. The number of furan rings is 1.